The molecule has 1 saturated carbocycles. The van der Waals surface area contributed by atoms with E-state index >= 15 is 0 Å². The van der Waals surface area contributed by atoms with Crippen molar-refractivity contribution in [3.05, 3.63) is 35.4 Å². The maximum atomic E-state index is 10.2. The minimum absolute atomic E-state index is 0.0368. The first kappa shape index (κ1) is 11.3. The molecule has 1 fully saturated rings. The summed E-state index contributed by atoms with van der Waals surface area (Å²) in [4.78, 5) is 0. The number of aliphatic hydroxyl groups is 1. The Balaban J connectivity index is 1.50. The number of hydrogen-bond donors (Lipinski definition) is 1. The topological polar surface area (TPSA) is 20.2 Å². The van der Waals surface area contributed by atoms with E-state index in [1.54, 1.807) is 0 Å². The molecule has 0 bridgehead atoms. The van der Waals surface area contributed by atoms with Crippen LogP contribution >= 0.6 is 0 Å². The highest BCUT2D eigenvalue weighted by atomic mass is 16.3. The maximum absolute atomic E-state index is 10.2. The van der Waals surface area contributed by atoms with Gasteiger partial charge in [-0.05, 0) is 55.1 Å². The lowest BCUT2D eigenvalue weighted by atomic mass is 9.74. The molecule has 2 aliphatic rings. The highest BCUT2D eigenvalue weighted by Crippen LogP contribution is 2.39. The number of fused-ring (bicyclic) bond motifs is 1. The first-order valence-electron chi connectivity index (χ1n) is 7.10. The minimum Gasteiger partial charge on any atom is -0.393 e. The molecule has 17 heavy (non-hydrogen) atoms. The van der Waals surface area contributed by atoms with E-state index in [1.807, 2.05) is 0 Å². The van der Waals surface area contributed by atoms with Crippen LogP contribution in [-0.4, -0.2) is 11.2 Å². The fraction of sp³-hybridized carbons (Fsp3) is 0.625. The van der Waals surface area contributed by atoms with Crippen molar-refractivity contribution in [2.45, 2.75) is 57.0 Å². The summed E-state index contributed by atoms with van der Waals surface area (Å²) in [5.41, 5.74) is 3.05. The van der Waals surface area contributed by atoms with Crippen molar-refractivity contribution >= 4 is 0 Å². The van der Waals surface area contributed by atoms with Crippen LogP contribution in [-0.2, 0) is 6.42 Å². The molecule has 2 aliphatic carbocycles. The zero-order chi connectivity index (χ0) is 11.7. The Morgan fingerprint density at radius 3 is 2.71 bits per heavy atom. The van der Waals surface area contributed by atoms with Gasteiger partial charge in [0.25, 0.3) is 0 Å². The Hall–Kier alpha value is -0.820. The Morgan fingerprint density at radius 1 is 1.18 bits per heavy atom. The summed E-state index contributed by atoms with van der Waals surface area (Å²) in [7, 11) is 0. The SMILES string of the molecule is OC(CCC1Cc2ccccc21)C1CCCC1. The van der Waals surface area contributed by atoms with Crippen molar-refractivity contribution < 1.29 is 5.11 Å². The molecule has 1 N–H and O–H groups in total. The Bertz CT molecular complexity index is 379. The van der Waals surface area contributed by atoms with Gasteiger partial charge in [-0.25, -0.2) is 0 Å². The van der Waals surface area contributed by atoms with Crippen molar-refractivity contribution in [1.29, 1.82) is 0 Å². The van der Waals surface area contributed by atoms with E-state index in [2.05, 4.69) is 24.3 Å². The van der Waals surface area contributed by atoms with Crippen LogP contribution in [0.25, 0.3) is 0 Å². The Morgan fingerprint density at radius 2 is 1.94 bits per heavy atom. The molecule has 0 aromatic heterocycles. The van der Waals surface area contributed by atoms with Gasteiger partial charge in [-0.15, -0.1) is 0 Å². The molecule has 0 radical (unpaired) electrons. The number of aliphatic hydroxyl groups excluding tert-OH is 1. The van der Waals surface area contributed by atoms with E-state index in [1.165, 1.54) is 49.7 Å². The van der Waals surface area contributed by atoms with Crippen molar-refractivity contribution in [2.24, 2.45) is 5.92 Å². The van der Waals surface area contributed by atoms with Crippen LogP contribution in [0.3, 0.4) is 0 Å². The van der Waals surface area contributed by atoms with E-state index in [9.17, 15) is 5.11 Å². The molecule has 2 atom stereocenters. The van der Waals surface area contributed by atoms with Gasteiger partial charge in [0.2, 0.25) is 0 Å². The number of rotatable bonds is 4. The van der Waals surface area contributed by atoms with Gasteiger partial charge in [-0.1, -0.05) is 37.1 Å². The first-order valence-corrected chi connectivity index (χ1v) is 7.10. The molecule has 0 saturated heterocycles. The highest BCUT2D eigenvalue weighted by Gasteiger charge is 2.28. The lowest BCUT2D eigenvalue weighted by Crippen LogP contribution is -2.22. The van der Waals surface area contributed by atoms with E-state index in [0.29, 0.717) is 5.92 Å². The standard InChI is InChI=1S/C16H22O/c17-16(12-5-1-2-6-12)10-9-14-11-13-7-3-4-8-15(13)14/h3-4,7-8,12,14,16-17H,1-2,5-6,9-11H2. The van der Waals surface area contributed by atoms with E-state index in [4.69, 9.17) is 0 Å². The Labute approximate surface area is 104 Å². The molecular formula is C16H22O. The van der Waals surface area contributed by atoms with Crippen LogP contribution < -0.4 is 0 Å². The Kier molecular flexibility index (Phi) is 3.19. The predicted molar refractivity (Wildman–Crippen MR) is 70.1 cm³/mol. The van der Waals surface area contributed by atoms with Gasteiger partial charge in [0.15, 0.2) is 0 Å². The summed E-state index contributed by atoms with van der Waals surface area (Å²) in [6.07, 6.45) is 8.53. The van der Waals surface area contributed by atoms with Crippen LogP contribution in [0, 0.1) is 5.92 Å². The van der Waals surface area contributed by atoms with Crippen molar-refractivity contribution in [3.8, 4) is 0 Å². The number of hydrogen-bond acceptors (Lipinski definition) is 1. The maximum Gasteiger partial charge on any atom is 0.0568 e. The average molecular weight is 230 g/mol. The molecule has 1 heteroatoms. The zero-order valence-corrected chi connectivity index (χ0v) is 10.4. The summed E-state index contributed by atoms with van der Waals surface area (Å²) in [5, 5.41) is 10.2. The largest absolute Gasteiger partial charge is 0.393 e. The first-order chi connectivity index (χ1) is 8.34. The molecule has 1 nitrogen and oxygen atoms in total. The lowest BCUT2D eigenvalue weighted by molar-refractivity contribution is 0.0967. The van der Waals surface area contributed by atoms with Gasteiger partial charge < -0.3 is 5.11 Å². The van der Waals surface area contributed by atoms with Gasteiger partial charge in [-0.3, -0.25) is 0 Å². The second-order valence-electron chi connectivity index (χ2n) is 5.79. The van der Waals surface area contributed by atoms with E-state index < -0.39 is 0 Å². The van der Waals surface area contributed by atoms with Crippen molar-refractivity contribution in [2.75, 3.05) is 0 Å². The van der Waals surface area contributed by atoms with Crippen LogP contribution in [0.2, 0.25) is 0 Å². The molecule has 0 aliphatic heterocycles. The molecule has 3 rings (SSSR count). The quantitative estimate of drug-likeness (QED) is 0.837. The highest BCUT2D eigenvalue weighted by molar-refractivity contribution is 5.39. The molecule has 1 aromatic carbocycles. The fourth-order valence-electron chi connectivity index (χ4n) is 3.57. The summed E-state index contributed by atoms with van der Waals surface area (Å²) in [6.45, 7) is 0. The molecule has 92 valence electrons. The monoisotopic (exact) mass is 230 g/mol. The smallest absolute Gasteiger partial charge is 0.0568 e. The van der Waals surface area contributed by atoms with Gasteiger partial charge in [0.05, 0.1) is 6.10 Å². The van der Waals surface area contributed by atoms with E-state index in [0.717, 1.165) is 12.3 Å². The summed E-state index contributed by atoms with van der Waals surface area (Å²) in [5.74, 6) is 1.33. The molecular weight excluding hydrogens is 208 g/mol. The molecule has 0 amide bonds. The third kappa shape index (κ3) is 2.26. The average Bonchev–Trinajstić information content (AvgIpc) is 2.83. The minimum atomic E-state index is -0.0368. The molecule has 0 heterocycles. The third-order valence-electron chi connectivity index (χ3n) is 4.72. The van der Waals surface area contributed by atoms with Crippen molar-refractivity contribution in [3.63, 3.8) is 0 Å². The van der Waals surface area contributed by atoms with Gasteiger partial charge in [0.1, 0.15) is 0 Å². The summed E-state index contributed by atoms with van der Waals surface area (Å²) < 4.78 is 0. The normalized spacial score (nSPS) is 25.4. The molecule has 0 spiro atoms. The lowest BCUT2D eigenvalue weighted by Gasteiger charge is -2.31. The van der Waals surface area contributed by atoms with E-state index in [-0.39, 0.29) is 6.10 Å². The zero-order valence-electron chi connectivity index (χ0n) is 10.4. The third-order valence-corrected chi connectivity index (χ3v) is 4.72. The molecule has 1 aromatic rings. The van der Waals surface area contributed by atoms with Crippen LogP contribution in [0.1, 0.15) is 55.6 Å². The summed E-state index contributed by atoms with van der Waals surface area (Å²) in [6, 6.07) is 8.76. The van der Waals surface area contributed by atoms with Gasteiger partial charge in [-0.2, -0.15) is 0 Å². The van der Waals surface area contributed by atoms with Crippen LogP contribution in [0.15, 0.2) is 24.3 Å². The second kappa shape index (κ2) is 4.81. The molecule has 2 unspecified atom stereocenters. The predicted octanol–water partition coefficient (Wildman–Crippen LogP) is 3.66. The fourth-order valence-corrected chi connectivity index (χ4v) is 3.57. The van der Waals surface area contributed by atoms with Crippen LogP contribution in [0.4, 0.5) is 0 Å². The van der Waals surface area contributed by atoms with Crippen molar-refractivity contribution in [1.82, 2.24) is 0 Å². The second-order valence-corrected chi connectivity index (χ2v) is 5.79. The van der Waals surface area contributed by atoms with Gasteiger partial charge >= 0.3 is 0 Å². The van der Waals surface area contributed by atoms with Crippen LogP contribution in [0.5, 0.6) is 0 Å². The summed E-state index contributed by atoms with van der Waals surface area (Å²) >= 11 is 0. The number of benzene rings is 1. The van der Waals surface area contributed by atoms with Gasteiger partial charge in [0, 0.05) is 0 Å².